The summed E-state index contributed by atoms with van der Waals surface area (Å²) in [5.41, 5.74) is 1.80. The van der Waals surface area contributed by atoms with E-state index in [1.165, 1.54) is 0 Å². The largest absolute Gasteiger partial charge is 0.350 e. The number of nitrogens with one attached hydrogen (secondary N) is 2. The quantitative estimate of drug-likeness (QED) is 0.548. The minimum absolute atomic E-state index is 0.144. The molecule has 1 amide bonds. The van der Waals surface area contributed by atoms with E-state index >= 15 is 0 Å². The fourth-order valence-electron chi connectivity index (χ4n) is 5.35. The van der Waals surface area contributed by atoms with Gasteiger partial charge in [0, 0.05) is 17.3 Å². The molecule has 2 aliphatic rings. The molecule has 2 heterocycles. The van der Waals surface area contributed by atoms with E-state index in [1.807, 2.05) is 48.5 Å². The fraction of sp³-hybridized carbons (Fsp3) is 0.304. The number of benzene rings is 2. The van der Waals surface area contributed by atoms with Gasteiger partial charge in [-0.3, -0.25) is 9.59 Å². The zero-order valence-corrected chi connectivity index (χ0v) is 16.2. The summed E-state index contributed by atoms with van der Waals surface area (Å²) >= 11 is 0. The van der Waals surface area contributed by atoms with Crippen LogP contribution < -0.4 is 10.9 Å². The molecule has 2 fully saturated rings. The fourth-order valence-corrected chi connectivity index (χ4v) is 5.35. The summed E-state index contributed by atoms with van der Waals surface area (Å²) in [7, 11) is 0. The van der Waals surface area contributed by atoms with Gasteiger partial charge in [0.1, 0.15) is 5.52 Å². The number of amides is 1. The average Bonchev–Trinajstić information content (AvgIpc) is 3.14. The molecule has 7 nitrogen and oxygen atoms in total. The van der Waals surface area contributed by atoms with E-state index in [9.17, 15) is 9.59 Å². The predicted molar refractivity (Wildman–Crippen MR) is 111 cm³/mol. The van der Waals surface area contributed by atoms with Gasteiger partial charge in [-0.2, -0.15) is 5.10 Å². The zero-order valence-electron chi connectivity index (χ0n) is 16.2. The molecule has 7 heteroatoms. The number of carbonyl (C=O) groups excluding carboxylic acids is 1. The van der Waals surface area contributed by atoms with Gasteiger partial charge < -0.3 is 9.84 Å². The van der Waals surface area contributed by atoms with Crippen molar-refractivity contribution in [3.05, 3.63) is 70.3 Å². The standard InChI is InChI=1S/C23H20N4O3/c28-21-16-6-2-1-5-15(16)19(25-26-21)13-9-23(10-13)11-14(12-23)24-22(29)20-17-7-3-4-8-18(17)27-30-20/h1-8,13-14H,9-12H2,(H,24,29)(H,26,28). The molecule has 2 aliphatic carbocycles. The van der Waals surface area contributed by atoms with Gasteiger partial charge in [-0.25, -0.2) is 5.10 Å². The first-order valence-corrected chi connectivity index (χ1v) is 10.2. The molecular formula is C23H20N4O3. The Labute approximate surface area is 171 Å². The van der Waals surface area contributed by atoms with Gasteiger partial charge in [0.25, 0.3) is 11.5 Å². The number of nitrogens with zero attached hydrogens (tertiary/aromatic N) is 2. The van der Waals surface area contributed by atoms with Gasteiger partial charge in [-0.1, -0.05) is 35.5 Å². The van der Waals surface area contributed by atoms with Gasteiger partial charge in [-0.05, 0) is 49.3 Å². The molecule has 2 N–H and O–H groups in total. The van der Waals surface area contributed by atoms with Gasteiger partial charge >= 0.3 is 0 Å². The van der Waals surface area contributed by atoms with Crippen LogP contribution in [0.25, 0.3) is 21.7 Å². The number of hydrogen-bond donors (Lipinski definition) is 2. The molecule has 6 rings (SSSR count). The van der Waals surface area contributed by atoms with Crippen LogP contribution in [0.3, 0.4) is 0 Å². The van der Waals surface area contributed by atoms with Crippen molar-refractivity contribution in [2.45, 2.75) is 37.6 Å². The summed E-state index contributed by atoms with van der Waals surface area (Å²) in [5, 5.41) is 16.4. The maximum Gasteiger partial charge on any atom is 0.290 e. The summed E-state index contributed by atoms with van der Waals surface area (Å²) in [4.78, 5) is 24.6. The number of rotatable bonds is 3. The number of hydrogen-bond acceptors (Lipinski definition) is 5. The van der Waals surface area contributed by atoms with E-state index in [-0.39, 0.29) is 28.7 Å². The molecule has 4 aromatic rings. The maximum absolute atomic E-state index is 12.6. The summed E-state index contributed by atoms with van der Waals surface area (Å²) in [6.07, 6.45) is 3.99. The number of fused-ring (bicyclic) bond motifs is 2. The second-order valence-corrected chi connectivity index (χ2v) is 8.70. The van der Waals surface area contributed by atoms with E-state index in [0.29, 0.717) is 16.8 Å². The number of aromatic nitrogens is 3. The van der Waals surface area contributed by atoms with Crippen LogP contribution >= 0.6 is 0 Å². The highest BCUT2D eigenvalue weighted by atomic mass is 16.5. The van der Waals surface area contributed by atoms with Gasteiger partial charge in [0.05, 0.1) is 16.5 Å². The van der Waals surface area contributed by atoms with Crippen LogP contribution in [0.1, 0.15) is 47.8 Å². The Hall–Kier alpha value is -3.48. The van der Waals surface area contributed by atoms with Crippen molar-refractivity contribution in [3.8, 4) is 0 Å². The molecule has 0 unspecified atom stereocenters. The minimum atomic E-state index is -0.201. The highest BCUT2D eigenvalue weighted by Crippen LogP contribution is 2.62. The third-order valence-corrected chi connectivity index (χ3v) is 6.76. The summed E-state index contributed by atoms with van der Waals surface area (Å²) in [6.45, 7) is 0. The van der Waals surface area contributed by atoms with Crippen molar-refractivity contribution in [2.75, 3.05) is 0 Å². The second kappa shape index (κ2) is 6.26. The normalized spacial score (nSPS) is 25.2. The van der Waals surface area contributed by atoms with Crippen LogP contribution in [0.2, 0.25) is 0 Å². The highest BCUT2D eigenvalue weighted by molar-refractivity contribution is 6.03. The number of H-pyrrole nitrogens is 1. The third-order valence-electron chi connectivity index (χ3n) is 6.76. The number of carbonyl (C=O) groups is 1. The van der Waals surface area contributed by atoms with Crippen molar-refractivity contribution in [2.24, 2.45) is 5.41 Å². The Morgan fingerprint density at radius 3 is 2.50 bits per heavy atom. The van der Waals surface area contributed by atoms with Crippen molar-refractivity contribution in [1.82, 2.24) is 20.7 Å². The molecule has 0 atom stereocenters. The lowest BCUT2D eigenvalue weighted by atomic mass is 9.49. The van der Waals surface area contributed by atoms with Crippen molar-refractivity contribution >= 4 is 27.6 Å². The first-order valence-electron chi connectivity index (χ1n) is 10.2. The Bertz CT molecular complexity index is 1340. The van der Waals surface area contributed by atoms with Gasteiger partial charge in [0.2, 0.25) is 5.76 Å². The van der Waals surface area contributed by atoms with E-state index in [2.05, 4.69) is 20.7 Å². The predicted octanol–water partition coefficient (Wildman–Crippen LogP) is 3.52. The van der Waals surface area contributed by atoms with E-state index in [0.717, 1.165) is 42.1 Å². The molecule has 2 aromatic carbocycles. The maximum atomic E-state index is 12.6. The van der Waals surface area contributed by atoms with E-state index in [1.54, 1.807) is 0 Å². The smallest absolute Gasteiger partial charge is 0.290 e. The molecule has 0 bridgehead atoms. The lowest BCUT2D eigenvalue weighted by molar-refractivity contribution is -0.0199. The van der Waals surface area contributed by atoms with Crippen molar-refractivity contribution < 1.29 is 9.32 Å². The Kier molecular flexibility index (Phi) is 3.63. The molecule has 30 heavy (non-hydrogen) atoms. The topological polar surface area (TPSA) is 101 Å². The Morgan fingerprint density at radius 2 is 1.70 bits per heavy atom. The van der Waals surface area contributed by atoms with Crippen LogP contribution in [0.15, 0.2) is 57.8 Å². The molecule has 2 aromatic heterocycles. The number of aromatic amines is 1. The lowest BCUT2D eigenvalue weighted by Gasteiger charge is -2.57. The van der Waals surface area contributed by atoms with Crippen molar-refractivity contribution in [3.63, 3.8) is 0 Å². The van der Waals surface area contributed by atoms with Crippen molar-refractivity contribution in [1.29, 1.82) is 0 Å². The van der Waals surface area contributed by atoms with Crippen LogP contribution in [0.4, 0.5) is 0 Å². The van der Waals surface area contributed by atoms with Crippen LogP contribution in [0.5, 0.6) is 0 Å². The molecule has 0 radical (unpaired) electrons. The summed E-state index contributed by atoms with van der Waals surface area (Å²) in [6, 6.07) is 15.2. The minimum Gasteiger partial charge on any atom is -0.350 e. The molecule has 0 aliphatic heterocycles. The summed E-state index contributed by atoms with van der Waals surface area (Å²) in [5.74, 6) is 0.427. The Balaban J connectivity index is 1.12. The van der Waals surface area contributed by atoms with Crippen LogP contribution in [-0.2, 0) is 0 Å². The molecule has 2 saturated carbocycles. The van der Waals surface area contributed by atoms with Gasteiger partial charge in [0.15, 0.2) is 0 Å². The van der Waals surface area contributed by atoms with E-state index < -0.39 is 0 Å². The van der Waals surface area contributed by atoms with Gasteiger partial charge in [-0.15, -0.1) is 0 Å². The third kappa shape index (κ3) is 2.58. The average molecular weight is 400 g/mol. The highest BCUT2D eigenvalue weighted by Gasteiger charge is 2.54. The van der Waals surface area contributed by atoms with E-state index in [4.69, 9.17) is 4.52 Å². The Morgan fingerprint density at radius 1 is 1.00 bits per heavy atom. The van der Waals surface area contributed by atoms with Crippen LogP contribution in [-0.4, -0.2) is 27.3 Å². The molecular weight excluding hydrogens is 380 g/mol. The first-order chi connectivity index (χ1) is 14.6. The first kappa shape index (κ1) is 17.4. The van der Waals surface area contributed by atoms with Crippen LogP contribution in [0, 0.1) is 5.41 Å². The lowest BCUT2D eigenvalue weighted by Crippen LogP contribution is -2.55. The zero-order chi connectivity index (χ0) is 20.3. The summed E-state index contributed by atoms with van der Waals surface area (Å²) < 4.78 is 5.26. The molecule has 0 saturated heterocycles. The second-order valence-electron chi connectivity index (χ2n) is 8.70. The SMILES string of the molecule is O=C(NC1CC2(C1)CC(c1n[nH]c(=O)c3ccccc13)C2)c1onc2ccccc12. The monoisotopic (exact) mass is 400 g/mol. The molecule has 1 spiro atoms. The molecule has 150 valence electrons.